The molecule has 1 N–H and O–H groups in total. The predicted octanol–water partition coefficient (Wildman–Crippen LogP) is 4.37. The lowest BCUT2D eigenvalue weighted by atomic mass is 9.95. The van der Waals surface area contributed by atoms with Crippen LogP contribution in [0.25, 0.3) is 5.57 Å². The summed E-state index contributed by atoms with van der Waals surface area (Å²) >= 11 is 0. The second kappa shape index (κ2) is 4.53. The first-order chi connectivity index (χ1) is 8.84. The van der Waals surface area contributed by atoms with Crippen LogP contribution in [0.15, 0.2) is 66.9 Å². The molecule has 88 valence electrons. The van der Waals surface area contributed by atoms with Gasteiger partial charge in [-0.1, -0.05) is 48.5 Å². The fourth-order valence-corrected chi connectivity index (χ4v) is 2.25. The molecular weight excluding hydrogens is 218 g/mol. The van der Waals surface area contributed by atoms with Crippen LogP contribution in [0, 0.1) is 6.92 Å². The molecule has 18 heavy (non-hydrogen) atoms. The molecule has 0 unspecified atom stereocenters. The van der Waals surface area contributed by atoms with Crippen LogP contribution in [0.2, 0.25) is 0 Å². The van der Waals surface area contributed by atoms with Gasteiger partial charge in [-0.25, -0.2) is 0 Å². The van der Waals surface area contributed by atoms with Gasteiger partial charge in [-0.3, -0.25) is 0 Å². The van der Waals surface area contributed by atoms with Crippen molar-refractivity contribution in [1.82, 2.24) is 0 Å². The second-order valence-electron chi connectivity index (χ2n) is 4.50. The lowest BCUT2D eigenvalue weighted by Crippen LogP contribution is -1.94. The van der Waals surface area contributed by atoms with Crippen LogP contribution in [0.4, 0.5) is 5.69 Å². The van der Waals surface area contributed by atoms with E-state index in [1.54, 1.807) is 0 Å². The highest BCUT2D eigenvalue weighted by atomic mass is 14.8. The van der Waals surface area contributed by atoms with Crippen molar-refractivity contribution in [3.63, 3.8) is 0 Å². The molecule has 0 atom stereocenters. The van der Waals surface area contributed by atoms with E-state index in [0.717, 1.165) is 0 Å². The molecule has 1 nitrogen and oxygen atoms in total. The molecule has 0 aromatic heterocycles. The monoisotopic (exact) mass is 233 g/mol. The highest BCUT2D eigenvalue weighted by molar-refractivity contribution is 5.88. The van der Waals surface area contributed by atoms with Gasteiger partial charge >= 0.3 is 0 Å². The smallest absolute Gasteiger partial charge is 0.0462 e. The molecule has 0 amide bonds. The van der Waals surface area contributed by atoms with E-state index >= 15 is 0 Å². The standard InChI is InChI=1S/C17H15N/c1-13-9-10-16-15(14-6-3-2-4-7-14)8-5-11-18-17(16)12-13/h2-12,18H,1H3. The SMILES string of the molecule is Cc1ccc2c(c1)NC=CC=C2c1ccccc1. The summed E-state index contributed by atoms with van der Waals surface area (Å²) in [6.45, 7) is 2.11. The van der Waals surface area contributed by atoms with Gasteiger partial charge in [0.2, 0.25) is 0 Å². The number of nitrogens with one attached hydrogen (secondary N) is 1. The Morgan fingerprint density at radius 3 is 2.61 bits per heavy atom. The molecule has 2 aromatic carbocycles. The summed E-state index contributed by atoms with van der Waals surface area (Å²) in [5.74, 6) is 0. The van der Waals surface area contributed by atoms with Crippen LogP contribution >= 0.6 is 0 Å². The number of hydrogen-bond donors (Lipinski definition) is 1. The van der Waals surface area contributed by atoms with E-state index in [1.165, 1.54) is 28.0 Å². The third kappa shape index (κ3) is 1.95. The van der Waals surface area contributed by atoms with Gasteiger partial charge in [0.1, 0.15) is 0 Å². The molecule has 0 spiro atoms. The van der Waals surface area contributed by atoms with Crippen LogP contribution in [0.3, 0.4) is 0 Å². The number of fused-ring (bicyclic) bond motifs is 1. The van der Waals surface area contributed by atoms with E-state index < -0.39 is 0 Å². The molecule has 1 heterocycles. The molecule has 1 aliphatic rings. The molecule has 0 aliphatic carbocycles. The van der Waals surface area contributed by atoms with Crippen molar-refractivity contribution < 1.29 is 0 Å². The van der Waals surface area contributed by atoms with Gasteiger partial charge in [-0.2, -0.15) is 0 Å². The van der Waals surface area contributed by atoms with Gasteiger partial charge in [0.15, 0.2) is 0 Å². The molecule has 0 radical (unpaired) electrons. The normalized spacial score (nSPS) is 13.3. The summed E-state index contributed by atoms with van der Waals surface area (Å²) in [6, 6.07) is 17.0. The fraction of sp³-hybridized carbons (Fsp3) is 0.0588. The zero-order valence-electron chi connectivity index (χ0n) is 10.4. The number of hydrogen-bond acceptors (Lipinski definition) is 1. The number of benzene rings is 2. The molecule has 1 aliphatic heterocycles. The van der Waals surface area contributed by atoms with E-state index in [2.05, 4.69) is 66.9 Å². The summed E-state index contributed by atoms with van der Waals surface area (Å²) < 4.78 is 0. The molecule has 1 heteroatoms. The third-order valence-electron chi connectivity index (χ3n) is 3.15. The van der Waals surface area contributed by atoms with E-state index in [0.29, 0.717) is 0 Å². The minimum absolute atomic E-state index is 1.17. The van der Waals surface area contributed by atoms with Gasteiger partial charge < -0.3 is 5.32 Å². The maximum absolute atomic E-state index is 3.33. The zero-order valence-corrected chi connectivity index (χ0v) is 10.4. The molecular formula is C17H15N. The minimum Gasteiger partial charge on any atom is -0.361 e. The maximum atomic E-state index is 3.33. The second-order valence-corrected chi connectivity index (χ2v) is 4.50. The molecule has 0 saturated heterocycles. The van der Waals surface area contributed by atoms with Gasteiger partial charge in [-0.05, 0) is 35.8 Å². The maximum Gasteiger partial charge on any atom is 0.0462 e. The van der Waals surface area contributed by atoms with Crippen molar-refractivity contribution >= 4 is 11.3 Å². The number of allylic oxidation sites excluding steroid dienone is 2. The topological polar surface area (TPSA) is 12.0 Å². The Labute approximate surface area is 107 Å². The van der Waals surface area contributed by atoms with Crippen molar-refractivity contribution in [2.45, 2.75) is 6.92 Å². The molecule has 3 rings (SSSR count). The van der Waals surface area contributed by atoms with Gasteiger partial charge in [0, 0.05) is 17.5 Å². The number of rotatable bonds is 1. The number of anilines is 1. The largest absolute Gasteiger partial charge is 0.361 e. The van der Waals surface area contributed by atoms with Gasteiger partial charge in [0.05, 0.1) is 0 Å². The Morgan fingerprint density at radius 1 is 0.944 bits per heavy atom. The molecule has 2 aromatic rings. The van der Waals surface area contributed by atoms with E-state index in [-0.39, 0.29) is 0 Å². The molecule has 0 bridgehead atoms. The lowest BCUT2D eigenvalue weighted by molar-refractivity contribution is 1.43. The summed E-state index contributed by atoms with van der Waals surface area (Å²) in [4.78, 5) is 0. The average molecular weight is 233 g/mol. The highest BCUT2D eigenvalue weighted by Crippen LogP contribution is 2.31. The Bertz CT molecular complexity index is 621. The summed E-state index contributed by atoms with van der Waals surface area (Å²) in [5.41, 5.74) is 6.18. The Morgan fingerprint density at radius 2 is 1.78 bits per heavy atom. The first-order valence-electron chi connectivity index (χ1n) is 6.14. The lowest BCUT2D eigenvalue weighted by Gasteiger charge is -2.12. The van der Waals surface area contributed by atoms with Crippen LogP contribution in [-0.4, -0.2) is 0 Å². The van der Waals surface area contributed by atoms with Crippen molar-refractivity contribution in [2.24, 2.45) is 0 Å². The Hall–Kier alpha value is -2.28. The minimum atomic E-state index is 1.17. The van der Waals surface area contributed by atoms with E-state index in [9.17, 15) is 0 Å². The zero-order chi connectivity index (χ0) is 12.4. The van der Waals surface area contributed by atoms with Crippen molar-refractivity contribution in [3.8, 4) is 0 Å². The van der Waals surface area contributed by atoms with E-state index in [1.807, 2.05) is 12.3 Å². The Balaban J connectivity index is 2.17. The van der Waals surface area contributed by atoms with Gasteiger partial charge in [-0.15, -0.1) is 0 Å². The summed E-state index contributed by atoms with van der Waals surface area (Å²) in [5, 5.41) is 3.33. The van der Waals surface area contributed by atoms with Gasteiger partial charge in [0.25, 0.3) is 0 Å². The van der Waals surface area contributed by atoms with Crippen LogP contribution in [0.5, 0.6) is 0 Å². The quantitative estimate of drug-likeness (QED) is 0.771. The average Bonchev–Trinajstić information content (AvgIpc) is 2.61. The predicted molar refractivity (Wildman–Crippen MR) is 77.5 cm³/mol. The first kappa shape index (κ1) is 10.8. The third-order valence-corrected chi connectivity index (χ3v) is 3.15. The summed E-state index contributed by atoms with van der Waals surface area (Å²) in [6.07, 6.45) is 6.19. The summed E-state index contributed by atoms with van der Waals surface area (Å²) in [7, 11) is 0. The molecule has 0 fully saturated rings. The fourth-order valence-electron chi connectivity index (χ4n) is 2.25. The van der Waals surface area contributed by atoms with Crippen LogP contribution in [0.1, 0.15) is 16.7 Å². The van der Waals surface area contributed by atoms with Crippen molar-refractivity contribution in [1.29, 1.82) is 0 Å². The Kier molecular flexibility index (Phi) is 2.73. The van der Waals surface area contributed by atoms with Crippen LogP contribution < -0.4 is 5.32 Å². The van der Waals surface area contributed by atoms with E-state index in [4.69, 9.17) is 0 Å². The van der Waals surface area contributed by atoms with Crippen molar-refractivity contribution in [2.75, 3.05) is 5.32 Å². The highest BCUT2D eigenvalue weighted by Gasteiger charge is 2.10. The first-order valence-corrected chi connectivity index (χ1v) is 6.14. The number of aryl methyl sites for hydroxylation is 1. The molecule has 0 saturated carbocycles. The van der Waals surface area contributed by atoms with Crippen molar-refractivity contribution in [3.05, 3.63) is 83.6 Å². The van der Waals surface area contributed by atoms with Crippen LogP contribution in [-0.2, 0) is 0 Å².